The largest absolute Gasteiger partial charge is 0.379 e. The van der Waals surface area contributed by atoms with Crippen molar-refractivity contribution in [2.24, 2.45) is 0 Å². The van der Waals surface area contributed by atoms with Crippen LogP contribution in [0.4, 0.5) is 5.82 Å². The predicted molar refractivity (Wildman–Crippen MR) is 67.0 cm³/mol. The van der Waals surface area contributed by atoms with Crippen LogP contribution in [0.5, 0.6) is 0 Å². The Labute approximate surface area is 102 Å². The van der Waals surface area contributed by atoms with Crippen LogP contribution in [-0.4, -0.2) is 47.7 Å². The number of hydrogen-bond acceptors (Lipinski definition) is 5. The van der Waals surface area contributed by atoms with E-state index in [1.807, 2.05) is 13.0 Å². The quantitative estimate of drug-likeness (QED) is 0.846. The lowest BCUT2D eigenvalue weighted by Crippen LogP contribution is -2.36. The normalized spacial score (nSPS) is 17.1. The summed E-state index contributed by atoms with van der Waals surface area (Å²) in [7, 11) is 0. The van der Waals surface area contributed by atoms with Crippen molar-refractivity contribution >= 4 is 5.82 Å². The molecule has 2 rings (SSSR count). The summed E-state index contributed by atoms with van der Waals surface area (Å²) in [5.74, 6) is 1.81. The van der Waals surface area contributed by atoms with Gasteiger partial charge in [-0.2, -0.15) is 0 Å². The highest BCUT2D eigenvalue weighted by Gasteiger charge is 2.12. The summed E-state index contributed by atoms with van der Waals surface area (Å²) in [4.78, 5) is 11.3. The van der Waals surface area contributed by atoms with E-state index in [1.165, 1.54) is 0 Å². The molecule has 0 bridgehead atoms. The van der Waals surface area contributed by atoms with Gasteiger partial charge < -0.3 is 10.1 Å². The van der Waals surface area contributed by atoms with Crippen LogP contribution >= 0.6 is 0 Å². The average molecular weight is 236 g/mol. The summed E-state index contributed by atoms with van der Waals surface area (Å²) in [6, 6.07) is 1.98. The average Bonchev–Trinajstić information content (AvgIpc) is 2.30. The van der Waals surface area contributed by atoms with Crippen LogP contribution in [0.25, 0.3) is 0 Å². The number of ether oxygens (including phenoxy) is 1. The third-order valence-corrected chi connectivity index (χ3v) is 2.73. The molecule has 94 valence electrons. The van der Waals surface area contributed by atoms with Crippen LogP contribution in [0, 0.1) is 6.92 Å². The second kappa shape index (κ2) is 5.93. The van der Waals surface area contributed by atoms with Gasteiger partial charge in [-0.3, -0.25) is 4.90 Å². The number of nitrogens with zero attached hydrogens (tertiary/aromatic N) is 3. The van der Waals surface area contributed by atoms with Crippen molar-refractivity contribution < 1.29 is 4.74 Å². The van der Waals surface area contributed by atoms with Gasteiger partial charge >= 0.3 is 0 Å². The minimum Gasteiger partial charge on any atom is -0.379 e. The molecule has 0 saturated carbocycles. The molecular weight excluding hydrogens is 216 g/mol. The molecule has 0 amide bonds. The van der Waals surface area contributed by atoms with Crippen LogP contribution in [0.2, 0.25) is 0 Å². The molecule has 5 heteroatoms. The van der Waals surface area contributed by atoms with E-state index in [2.05, 4.69) is 27.1 Å². The summed E-state index contributed by atoms with van der Waals surface area (Å²) >= 11 is 0. The van der Waals surface area contributed by atoms with Gasteiger partial charge in [0.2, 0.25) is 0 Å². The number of morpholine rings is 1. The van der Waals surface area contributed by atoms with Crippen molar-refractivity contribution in [1.29, 1.82) is 0 Å². The molecule has 1 aliphatic rings. The lowest BCUT2D eigenvalue weighted by Gasteiger charge is -2.25. The third-order valence-electron chi connectivity index (χ3n) is 2.73. The molecule has 1 saturated heterocycles. The van der Waals surface area contributed by atoms with Gasteiger partial charge in [0.25, 0.3) is 0 Å². The summed E-state index contributed by atoms with van der Waals surface area (Å²) < 4.78 is 5.33. The van der Waals surface area contributed by atoms with Gasteiger partial charge in [0.1, 0.15) is 11.6 Å². The first-order chi connectivity index (χ1) is 8.28. The van der Waals surface area contributed by atoms with Crippen LogP contribution in [0.3, 0.4) is 0 Å². The zero-order chi connectivity index (χ0) is 12.1. The zero-order valence-corrected chi connectivity index (χ0v) is 10.6. The Morgan fingerprint density at radius 1 is 1.35 bits per heavy atom. The maximum absolute atomic E-state index is 5.33. The minimum absolute atomic E-state index is 0.809. The van der Waals surface area contributed by atoms with Crippen molar-refractivity contribution in [3.63, 3.8) is 0 Å². The number of anilines is 1. The molecule has 2 heterocycles. The fourth-order valence-electron chi connectivity index (χ4n) is 1.93. The molecule has 0 unspecified atom stereocenters. The van der Waals surface area contributed by atoms with E-state index in [9.17, 15) is 0 Å². The van der Waals surface area contributed by atoms with Crippen molar-refractivity contribution in [1.82, 2.24) is 14.9 Å². The number of nitrogens with one attached hydrogen (secondary N) is 1. The van der Waals surface area contributed by atoms with E-state index in [0.29, 0.717) is 0 Å². The van der Waals surface area contributed by atoms with Gasteiger partial charge in [-0.05, 0) is 13.8 Å². The molecule has 0 radical (unpaired) electrons. The second-order valence-electron chi connectivity index (χ2n) is 4.23. The van der Waals surface area contributed by atoms with Crippen molar-refractivity contribution in [2.45, 2.75) is 20.4 Å². The Morgan fingerprint density at radius 2 is 2.12 bits per heavy atom. The number of rotatable bonds is 4. The Balaban J connectivity index is 2.03. The lowest BCUT2D eigenvalue weighted by atomic mass is 10.3. The van der Waals surface area contributed by atoms with E-state index in [1.54, 1.807) is 0 Å². The smallest absolute Gasteiger partial charge is 0.144 e. The first kappa shape index (κ1) is 12.3. The molecule has 0 aromatic carbocycles. The molecule has 0 aliphatic carbocycles. The summed E-state index contributed by atoms with van der Waals surface area (Å²) in [5.41, 5.74) is 1.01. The molecule has 0 atom stereocenters. The third kappa shape index (κ3) is 3.64. The Morgan fingerprint density at radius 3 is 2.82 bits per heavy atom. The first-order valence-corrected chi connectivity index (χ1v) is 6.16. The predicted octanol–water partition coefficient (Wildman–Crippen LogP) is 1.05. The molecule has 1 aromatic rings. The topological polar surface area (TPSA) is 50.3 Å². The maximum Gasteiger partial charge on any atom is 0.144 e. The fourth-order valence-corrected chi connectivity index (χ4v) is 1.93. The van der Waals surface area contributed by atoms with Crippen molar-refractivity contribution in [2.75, 3.05) is 38.2 Å². The van der Waals surface area contributed by atoms with Crippen molar-refractivity contribution in [3.05, 3.63) is 17.6 Å². The highest BCUT2D eigenvalue weighted by atomic mass is 16.5. The van der Waals surface area contributed by atoms with E-state index in [4.69, 9.17) is 4.74 Å². The van der Waals surface area contributed by atoms with E-state index < -0.39 is 0 Å². The molecular formula is C12H20N4O. The standard InChI is InChI=1S/C12H20N4O/c1-3-13-11-8-10(2)14-12(15-11)9-16-4-6-17-7-5-16/h8H,3-7,9H2,1-2H3,(H,13,14,15). The fraction of sp³-hybridized carbons (Fsp3) is 0.667. The molecule has 1 aliphatic heterocycles. The molecule has 0 spiro atoms. The van der Waals surface area contributed by atoms with Crippen LogP contribution in [0.15, 0.2) is 6.07 Å². The monoisotopic (exact) mass is 236 g/mol. The molecule has 1 N–H and O–H groups in total. The van der Waals surface area contributed by atoms with Gasteiger partial charge in [-0.15, -0.1) is 0 Å². The van der Waals surface area contributed by atoms with Gasteiger partial charge in [0, 0.05) is 31.4 Å². The zero-order valence-electron chi connectivity index (χ0n) is 10.6. The van der Waals surface area contributed by atoms with Gasteiger partial charge in [-0.25, -0.2) is 9.97 Å². The van der Waals surface area contributed by atoms with E-state index in [0.717, 1.165) is 56.7 Å². The summed E-state index contributed by atoms with van der Waals surface area (Å²) in [6.07, 6.45) is 0. The van der Waals surface area contributed by atoms with E-state index in [-0.39, 0.29) is 0 Å². The van der Waals surface area contributed by atoms with Crippen LogP contribution in [-0.2, 0) is 11.3 Å². The Hall–Kier alpha value is -1.20. The number of aryl methyl sites for hydroxylation is 1. The van der Waals surface area contributed by atoms with Crippen LogP contribution < -0.4 is 5.32 Å². The van der Waals surface area contributed by atoms with Crippen LogP contribution in [0.1, 0.15) is 18.4 Å². The number of hydrogen-bond donors (Lipinski definition) is 1. The molecule has 1 fully saturated rings. The second-order valence-corrected chi connectivity index (χ2v) is 4.23. The maximum atomic E-state index is 5.33. The Kier molecular flexibility index (Phi) is 4.28. The molecule has 1 aromatic heterocycles. The molecule has 5 nitrogen and oxygen atoms in total. The molecule has 17 heavy (non-hydrogen) atoms. The van der Waals surface area contributed by atoms with Gasteiger partial charge in [0.05, 0.1) is 19.8 Å². The SMILES string of the molecule is CCNc1cc(C)nc(CN2CCOCC2)n1. The van der Waals surface area contributed by atoms with Gasteiger partial charge in [-0.1, -0.05) is 0 Å². The minimum atomic E-state index is 0.809. The number of aromatic nitrogens is 2. The van der Waals surface area contributed by atoms with Gasteiger partial charge in [0.15, 0.2) is 0 Å². The summed E-state index contributed by atoms with van der Waals surface area (Å²) in [5, 5.41) is 3.23. The van der Waals surface area contributed by atoms with Crippen molar-refractivity contribution in [3.8, 4) is 0 Å². The highest BCUT2D eigenvalue weighted by molar-refractivity contribution is 5.35. The first-order valence-electron chi connectivity index (χ1n) is 6.16. The Bertz CT molecular complexity index is 364. The van der Waals surface area contributed by atoms with E-state index >= 15 is 0 Å². The summed E-state index contributed by atoms with van der Waals surface area (Å²) in [6.45, 7) is 9.32. The highest BCUT2D eigenvalue weighted by Crippen LogP contribution is 2.09. The lowest BCUT2D eigenvalue weighted by molar-refractivity contribution is 0.0330.